The van der Waals surface area contributed by atoms with Gasteiger partial charge in [-0.3, -0.25) is 0 Å². The van der Waals surface area contributed by atoms with E-state index in [-0.39, 0.29) is 23.7 Å². The van der Waals surface area contributed by atoms with Crippen molar-refractivity contribution in [3.05, 3.63) is 36.0 Å². The van der Waals surface area contributed by atoms with Crippen LogP contribution in [0.4, 0.5) is 9.18 Å². The normalized spacial score (nSPS) is 18.0. The molecule has 1 fully saturated rings. The molecule has 1 aliphatic rings. The van der Waals surface area contributed by atoms with E-state index < -0.39 is 5.60 Å². The van der Waals surface area contributed by atoms with Crippen LogP contribution in [0, 0.1) is 11.7 Å². The minimum Gasteiger partial charge on any atom is -0.444 e. The molecule has 26 heavy (non-hydrogen) atoms. The van der Waals surface area contributed by atoms with Gasteiger partial charge >= 0.3 is 6.09 Å². The predicted octanol–water partition coefficient (Wildman–Crippen LogP) is 4.07. The van der Waals surface area contributed by atoms with E-state index in [0.29, 0.717) is 31.0 Å². The number of ether oxygens (including phenoxy) is 1. The number of carbonyl (C=O) groups excluding carboxylic acids is 1. The summed E-state index contributed by atoms with van der Waals surface area (Å²) >= 11 is 0. The van der Waals surface area contributed by atoms with Crippen LogP contribution in [0.3, 0.4) is 0 Å². The van der Waals surface area contributed by atoms with E-state index in [2.05, 4.69) is 10.1 Å². The van der Waals surface area contributed by atoms with Crippen molar-refractivity contribution in [2.24, 2.45) is 5.92 Å². The fraction of sp³-hybridized carbons (Fsp3) is 0.526. The Labute approximate surface area is 152 Å². The van der Waals surface area contributed by atoms with Crippen molar-refractivity contribution in [3.63, 3.8) is 0 Å². The Hall–Kier alpha value is -2.44. The van der Waals surface area contributed by atoms with Crippen LogP contribution >= 0.6 is 0 Å². The molecule has 0 aliphatic carbocycles. The van der Waals surface area contributed by atoms with Gasteiger partial charge in [-0.2, -0.15) is 4.98 Å². The molecule has 1 aromatic heterocycles. The number of amides is 1. The molecule has 2 heterocycles. The average Bonchev–Trinajstić information content (AvgIpc) is 3.02. The van der Waals surface area contributed by atoms with Crippen molar-refractivity contribution >= 4 is 6.09 Å². The Morgan fingerprint density at radius 3 is 2.88 bits per heavy atom. The van der Waals surface area contributed by atoms with Gasteiger partial charge in [0.25, 0.3) is 0 Å². The highest BCUT2D eigenvalue weighted by atomic mass is 19.1. The Morgan fingerprint density at radius 2 is 2.15 bits per heavy atom. The molecule has 1 aromatic carbocycles. The summed E-state index contributed by atoms with van der Waals surface area (Å²) in [7, 11) is 0. The fourth-order valence-corrected chi connectivity index (χ4v) is 3.06. The number of benzene rings is 1. The van der Waals surface area contributed by atoms with Crippen LogP contribution in [-0.4, -0.2) is 39.8 Å². The lowest BCUT2D eigenvalue weighted by Gasteiger charge is -2.33. The van der Waals surface area contributed by atoms with Crippen LogP contribution in [0.1, 0.15) is 39.5 Å². The zero-order valence-electron chi connectivity index (χ0n) is 15.4. The van der Waals surface area contributed by atoms with E-state index in [1.807, 2.05) is 20.8 Å². The van der Waals surface area contributed by atoms with Crippen molar-refractivity contribution in [2.75, 3.05) is 13.1 Å². The quantitative estimate of drug-likeness (QED) is 0.824. The summed E-state index contributed by atoms with van der Waals surface area (Å²) in [5.41, 5.74) is -0.188. The van der Waals surface area contributed by atoms with E-state index in [0.717, 1.165) is 12.8 Å². The summed E-state index contributed by atoms with van der Waals surface area (Å²) in [4.78, 5) is 18.3. The molecule has 0 unspecified atom stereocenters. The maximum atomic E-state index is 13.8. The third kappa shape index (κ3) is 4.59. The Balaban J connectivity index is 1.63. The molecule has 0 saturated carbocycles. The number of likely N-dealkylation sites (tertiary alicyclic amines) is 1. The number of aromatic nitrogens is 2. The number of nitrogens with zero attached hydrogens (tertiary/aromatic N) is 3. The molecule has 0 bridgehead atoms. The molecule has 0 N–H and O–H groups in total. The molecule has 3 rings (SSSR count). The summed E-state index contributed by atoms with van der Waals surface area (Å²) in [5, 5.41) is 3.88. The molecule has 1 amide bonds. The van der Waals surface area contributed by atoms with Gasteiger partial charge in [0.1, 0.15) is 11.4 Å². The Bertz CT molecular complexity index is 769. The van der Waals surface area contributed by atoms with Gasteiger partial charge in [0.05, 0.1) is 5.56 Å². The van der Waals surface area contributed by atoms with Crippen LogP contribution in [-0.2, 0) is 11.2 Å². The zero-order chi connectivity index (χ0) is 18.7. The van der Waals surface area contributed by atoms with Gasteiger partial charge in [-0.1, -0.05) is 17.3 Å². The van der Waals surface area contributed by atoms with E-state index in [4.69, 9.17) is 9.26 Å². The number of hydrogen-bond donors (Lipinski definition) is 0. The topological polar surface area (TPSA) is 68.5 Å². The van der Waals surface area contributed by atoms with Crippen molar-refractivity contribution in [3.8, 4) is 11.4 Å². The molecule has 1 atom stereocenters. The number of carbonyl (C=O) groups is 1. The maximum Gasteiger partial charge on any atom is 0.410 e. The molecule has 7 heteroatoms. The van der Waals surface area contributed by atoms with Crippen LogP contribution in [0.25, 0.3) is 11.4 Å². The minimum atomic E-state index is -0.509. The highest BCUT2D eigenvalue weighted by molar-refractivity contribution is 5.68. The summed E-state index contributed by atoms with van der Waals surface area (Å²) in [6.45, 7) is 6.85. The van der Waals surface area contributed by atoms with Gasteiger partial charge in [-0.25, -0.2) is 9.18 Å². The second-order valence-electron chi connectivity index (χ2n) is 7.63. The molecular formula is C19H24FN3O3. The smallest absolute Gasteiger partial charge is 0.410 e. The molecular weight excluding hydrogens is 337 g/mol. The molecule has 0 radical (unpaired) electrons. The van der Waals surface area contributed by atoms with Gasteiger partial charge < -0.3 is 14.2 Å². The largest absolute Gasteiger partial charge is 0.444 e. The zero-order valence-corrected chi connectivity index (χ0v) is 15.4. The summed E-state index contributed by atoms with van der Waals surface area (Å²) in [6, 6.07) is 6.33. The van der Waals surface area contributed by atoms with Crippen molar-refractivity contribution < 1.29 is 18.4 Å². The van der Waals surface area contributed by atoms with E-state index in [1.165, 1.54) is 6.07 Å². The van der Waals surface area contributed by atoms with Crippen molar-refractivity contribution in [2.45, 2.75) is 45.6 Å². The first-order valence-electron chi connectivity index (χ1n) is 8.87. The molecule has 0 spiro atoms. The number of hydrogen-bond acceptors (Lipinski definition) is 5. The number of halogens is 1. The van der Waals surface area contributed by atoms with Crippen LogP contribution in [0.5, 0.6) is 0 Å². The lowest BCUT2D eigenvalue weighted by Crippen LogP contribution is -2.43. The minimum absolute atomic E-state index is 0.213. The van der Waals surface area contributed by atoms with E-state index >= 15 is 0 Å². The molecule has 140 valence electrons. The molecule has 2 aromatic rings. The number of rotatable bonds is 3. The van der Waals surface area contributed by atoms with Gasteiger partial charge in [0, 0.05) is 19.5 Å². The van der Waals surface area contributed by atoms with Crippen LogP contribution in [0.2, 0.25) is 0 Å². The van der Waals surface area contributed by atoms with Crippen LogP contribution < -0.4 is 0 Å². The third-order valence-electron chi connectivity index (χ3n) is 4.22. The second kappa shape index (κ2) is 7.43. The standard InChI is InChI=1S/C19H24FN3O3/c1-19(2,3)25-18(24)23-10-6-7-13(12-23)11-16-21-17(22-26-16)14-8-4-5-9-15(14)20/h4-5,8-9,13H,6-7,10-12H2,1-3H3/t13-/m0/s1. The maximum absolute atomic E-state index is 13.8. The number of piperidine rings is 1. The lowest BCUT2D eigenvalue weighted by atomic mass is 9.95. The second-order valence-corrected chi connectivity index (χ2v) is 7.63. The molecule has 6 nitrogen and oxygen atoms in total. The lowest BCUT2D eigenvalue weighted by molar-refractivity contribution is 0.0162. The van der Waals surface area contributed by atoms with Gasteiger partial charge in [-0.15, -0.1) is 0 Å². The van der Waals surface area contributed by atoms with Crippen molar-refractivity contribution in [1.82, 2.24) is 15.0 Å². The average molecular weight is 361 g/mol. The summed E-state index contributed by atoms with van der Waals surface area (Å²) in [6.07, 6.45) is 2.13. The predicted molar refractivity (Wildman–Crippen MR) is 93.9 cm³/mol. The first-order valence-corrected chi connectivity index (χ1v) is 8.87. The first-order chi connectivity index (χ1) is 12.3. The fourth-order valence-electron chi connectivity index (χ4n) is 3.06. The Kier molecular flexibility index (Phi) is 5.25. The van der Waals surface area contributed by atoms with Gasteiger partial charge in [0.15, 0.2) is 0 Å². The highest BCUT2D eigenvalue weighted by Gasteiger charge is 2.28. The Morgan fingerprint density at radius 1 is 1.38 bits per heavy atom. The monoisotopic (exact) mass is 361 g/mol. The SMILES string of the molecule is CC(C)(C)OC(=O)N1CCC[C@@H](Cc2nc(-c3ccccc3F)no2)C1. The van der Waals surface area contributed by atoms with Crippen LogP contribution in [0.15, 0.2) is 28.8 Å². The van der Waals surface area contributed by atoms with E-state index in [1.54, 1.807) is 23.1 Å². The van der Waals surface area contributed by atoms with E-state index in [9.17, 15) is 9.18 Å². The van der Waals surface area contributed by atoms with Gasteiger partial charge in [0.2, 0.25) is 11.7 Å². The molecule has 1 saturated heterocycles. The molecule has 1 aliphatic heterocycles. The van der Waals surface area contributed by atoms with Crippen molar-refractivity contribution in [1.29, 1.82) is 0 Å². The van der Waals surface area contributed by atoms with Gasteiger partial charge in [-0.05, 0) is 51.7 Å². The highest BCUT2D eigenvalue weighted by Crippen LogP contribution is 2.24. The summed E-state index contributed by atoms with van der Waals surface area (Å²) in [5.74, 6) is 0.538. The first kappa shape index (κ1) is 18.4. The third-order valence-corrected chi connectivity index (χ3v) is 4.22. The summed E-state index contributed by atoms with van der Waals surface area (Å²) < 4.78 is 24.6.